The van der Waals surface area contributed by atoms with E-state index in [1.54, 1.807) is 36.7 Å². The number of benzene rings is 1. The SMILES string of the molecule is O=C(c1ccc(Cl)cc1)N1CCC2(CC1)COCCN(c1ncccn1)C2. The molecule has 0 atom stereocenters. The molecule has 2 saturated heterocycles. The van der Waals surface area contributed by atoms with Gasteiger partial charge in [-0.3, -0.25) is 4.79 Å². The summed E-state index contributed by atoms with van der Waals surface area (Å²) in [5, 5.41) is 0.642. The maximum atomic E-state index is 12.8. The molecule has 0 saturated carbocycles. The van der Waals surface area contributed by atoms with Crippen LogP contribution in [0.25, 0.3) is 0 Å². The Morgan fingerprint density at radius 2 is 1.78 bits per heavy atom. The van der Waals surface area contributed by atoms with Gasteiger partial charge in [-0.2, -0.15) is 0 Å². The Balaban J connectivity index is 1.43. The van der Waals surface area contributed by atoms with Gasteiger partial charge in [0.15, 0.2) is 0 Å². The second-order valence-corrected chi connectivity index (χ2v) is 7.76. The molecule has 27 heavy (non-hydrogen) atoms. The average molecular weight is 387 g/mol. The summed E-state index contributed by atoms with van der Waals surface area (Å²) in [6, 6.07) is 8.93. The molecular formula is C20H23ClN4O2. The third kappa shape index (κ3) is 4.06. The highest BCUT2D eigenvalue weighted by Crippen LogP contribution is 2.35. The van der Waals surface area contributed by atoms with Crippen molar-refractivity contribution in [2.45, 2.75) is 12.8 Å². The Kier molecular flexibility index (Phi) is 5.27. The van der Waals surface area contributed by atoms with Crippen LogP contribution in [-0.4, -0.2) is 60.2 Å². The number of amides is 1. The highest BCUT2D eigenvalue weighted by molar-refractivity contribution is 6.30. The van der Waals surface area contributed by atoms with Gasteiger partial charge < -0.3 is 14.5 Å². The smallest absolute Gasteiger partial charge is 0.253 e. The van der Waals surface area contributed by atoms with Crippen molar-refractivity contribution in [2.75, 3.05) is 44.3 Å². The summed E-state index contributed by atoms with van der Waals surface area (Å²) in [7, 11) is 0. The normalized spacial score (nSPS) is 19.7. The van der Waals surface area contributed by atoms with E-state index in [0.29, 0.717) is 17.2 Å². The molecule has 142 valence electrons. The van der Waals surface area contributed by atoms with Crippen LogP contribution in [0.15, 0.2) is 42.7 Å². The summed E-state index contributed by atoms with van der Waals surface area (Å²) in [6.45, 7) is 4.51. The molecule has 2 fully saturated rings. The first-order valence-corrected chi connectivity index (χ1v) is 9.68. The fourth-order valence-corrected chi connectivity index (χ4v) is 4.01. The van der Waals surface area contributed by atoms with Crippen LogP contribution in [0.1, 0.15) is 23.2 Å². The van der Waals surface area contributed by atoms with Gasteiger partial charge in [0.1, 0.15) is 0 Å². The first-order chi connectivity index (χ1) is 13.2. The van der Waals surface area contributed by atoms with Crippen molar-refractivity contribution in [3.05, 3.63) is 53.3 Å². The predicted octanol–water partition coefficient (Wildman–Crippen LogP) is 2.89. The third-order valence-electron chi connectivity index (χ3n) is 5.48. The number of carbonyl (C=O) groups excluding carboxylic acids is 1. The standard InChI is InChI=1S/C20H23ClN4O2/c21-17-4-2-16(3-5-17)18(26)24-10-6-20(7-11-24)14-25(12-13-27-15-20)19-22-8-1-9-23-19/h1-5,8-9H,6-7,10-15H2. The number of piperidine rings is 1. The van der Waals surface area contributed by atoms with Crippen LogP contribution >= 0.6 is 11.6 Å². The van der Waals surface area contributed by atoms with E-state index < -0.39 is 0 Å². The minimum atomic E-state index is 0.0342. The first kappa shape index (κ1) is 18.2. The largest absolute Gasteiger partial charge is 0.379 e. The predicted molar refractivity (Wildman–Crippen MR) is 104 cm³/mol. The summed E-state index contributed by atoms with van der Waals surface area (Å²) in [6.07, 6.45) is 5.37. The van der Waals surface area contributed by atoms with Gasteiger partial charge in [0.2, 0.25) is 5.95 Å². The van der Waals surface area contributed by atoms with Gasteiger partial charge >= 0.3 is 0 Å². The maximum Gasteiger partial charge on any atom is 0.253 e. The number of halogens is 1. The number of nitrogens with zero attached hydrogens (tertiary/aromatic N) is 4. The van der Waals surface area contributed by atoms with Gasteiger partial charge in [-0.1, -0.05) is 11.6 Å². The molecule has 0 radical (unpaired) electrons. The van der Waals surface area contributed by atoms with E-state index in [1.807, 2.05) is 11.0 Å². The van der Waals surface area contributed by atoms with E-state index in [0.717, 1.165) is 51.6 Å². The summed E-state index contributed by atoms with van der Waals surface area (Å²) in [5.74, 6) is 0.821. The summed E-state index contributed by atoms with van der Waals surface area (Å²) in [4.78, 5) is 25.7. The number of rotatable bonds is 2. The fraction of sp³-hybridized carbons (Fsp3) is 0.450. The van der Waals surface area contributed by atoms with Crippen molar-refractivity contribution >= 4 is 23.5 Å². The zero-order valence-electron chi connectivity index (χ0n) is 15.2. The summed E-state index contributed by atoms with van der Waals surface area (Å²) < 4.78 is 5.92. The molecular weight excluding hydrogens is 364 g/mol. The number of hydrogen-bond acceptors (Lipinski definition) is 5. The Labute approximate surface area is 164 Å². The maximum absolute atomic E-state index is 12.8. The van der Waals surface area contributed by atoms with Crippen molar-refractivity contribution in [2.24, 2.45) is 5.41 Å². The summed E-state index contributed by atoms with van der Waals surface area (Å²) in [5.41, 5.74) is 0.721. The van der Waals surface area contributed by atoms with Crippen molar-refractivity contribution < 1.29 is 9.53 Å². The molecule has 2 aliphatic heterocycles. The molecule has 2 aromatic rings. The second kappa shape index (κ2) is 7.82. The topological polar surface area (TPSA) is 58.6 Å². The Hall–Kier alpha value is -2.18. The highest BCUT2D eigenvalue weighted by atomic mass is 35.5. The van der Waals surface area contributed by atoms with Gasteiger partial charge in [-0.05, 0) is 43.2 Å². The molecule has 6 nitrogen and oxygen atoms in total. The molecule has 1 aromatic carbocycles. The Bertz CT molecular complexity index is 776. The van der Waals surface area contributed by atoms with Crippen LogP contribution in [0.4, 0.5) is 5.95 Å². The van der Waals surface area contributed by atoms with Crippen LogP contribution in [0, 0.1) is 5.41 Å². The van der Waals surface area contributed by atoms with Gasteiger partial charge in [0, 0.05) is 54.6 Å². The van der Waals surface area contributed by atoms with Gasteiger partial charge in [0.05, 0.1) is 13.2 Å². The van der Waals surface area contributed by atoms with Gasteiger partial charge in [0.25, 0.3) is 5.91 Å². The van der Waals surface area contributed by atoms with Gasteiger partial charge in [-0.15, -0.1) is 0 Å². The molecule has 2 aliphatic rings. The molecule has 0 aliphatic carbocycles. The monoisotopic (exact) mass is 386 g/mol. The highest BCUT2D eigenvalue weighted by Gasteiger charge is 2.39. The molecule has 1 amide bonds. The fourth-order valence-electron chi connectivity index (χ4n) is 3.88. The minimum Gasteiger partial charge on any atom is -0.379 e. The number of likely N-dealkylation sites (tertiary alicyclic amines) is 1. The zero-order chi connectivity index (χ0) is 18.7. The van der Waals surface area contributed by atoms with E-state index in [4.69, 9.17) is 16.3 Å². The third-order valence-corrected chi connectivity index (χ3v) is 5.73. The molecule has 0 unspecified atom stereocenters. The quantitative estimate of drug-likeness (QED) is 0.794. The summed E-state index contributed by atoms with van der Waals surface area (Å²) >= 11 is 5.93. The molecule has 7 heteroatoms. The van der Waals surface area contributed by atoms with Crippen LogP contribution in [0.2, 0.25) is 5.02 Å². The average Bonchev–Trinajstić information content (AvgIpc) is 2.92. The number of hydrogen-bond donors (Lipinski definition) is 0. The number of aromatic nitrogens is 2. The molecule has 0 N–H and O–H groups in total. The molecule has 1 aromatic heterocycles. The van der Waals surface area contributed by atoms with Crippen molar-refractivity contribution in [1.29, 1.82) is 0 Å². The number of anilines is 1. The molecule has 1 spiro atoms. The van der Waals surface area contributed by atoms with E-state index >= 15 is 0 Å². The zero-order valence-corrected chi connectivity index (χ0v) is 15.9. The van der Waals surface area contributed by atoms with E-state index in [-0.39, 0.29) is 11.3 Å². The van der Waals surface area contributed by atoms with E-state index in [1.165, 1.54) is 0 Å². The molecule has 0 bridgehead atoms. The second-order valence-electron chi connectivity index (χ2n) is 7.32. The number of carbonyl (C=O) groups is 1. The van der Waals surface area contributed by atoms with E-state index in [2.05, 4.69) is 14.9 Å². The Morgan fingerprint density at radius 1 is 1.07 bits per heavy atom. The molecule has 3 heterocycles. The van der Waals surface area contributed by atoms with E-state index in [9.17, 15) is 4.79 Å². The van der Waals surface area contributed by atoms with Crippen molar-refractivity contribution in [3.8, 4) is 0 Å². The van der Waals surface area contributed by atoms with Crippen molar-refractivity contribution in [1.82, 2.24) is 14.9 Å². The lowest BCUT2D eigenvalue weighted by Crippen LogP contribution is -2.49. The van der Waals surface area contributed by atoms with Crippen LogP contribution in [0.5, 0.6) is 0 Å². The van der Waals surface area contributed by atoms with Crippen molar-refractivity contribution in [3.63, 3.8) is 0 Å². The minimum absolute atomic E-state index is 0.0342. The molecule has 4 rings (SSSR count). The lowest BCUT2D eigenvalue weighted by molar-refractivity contribution is 0.0207. The van der Waals surface area contributed by atoms with Crippen LogP contribution in [-0.2, 0) is 4.74 Å². The Morgan fingerprint density at radius 3 is 2.48 bits per heavy atom. The van der Waals surface area contributed by atoms with Crippen LogP contribution < -0.4 is 4.90 Å². The number of ether oxygens (including phenoxy) is 1. The van der Waals surface area contributed by atoms with Crippen LogP contribution in [0.3, 0.4) is 0 Å². The lowest BCUT2D eigenvalue weighted by Gasteiger charge is -2.42. The lowest BCUT2D eigenvalue weighted by atomic mass is 9.78. The first-order valence-electron chi connectivity index (χ1n) is 9.30. The van der Waals surface area contributed by atoms with Gasteiger partial charge in [-0.25, -0.2) is 9.97 Å².